The first-order valence-corrected chi connectivity index (χ1v) is 7.85. The van der Waals surface area contributed by atoms with Crippen LogP contribution >= 0.6 is 12.4 Å². The molecule has 1 aromatic rings. The first-order chi connectivity index (χ1) is 9.67. The van der Waals surface area contributed by atoms with Crippen LogP contribution in [0, 0.1) is 5.41 Å². The molecule has 2 fully saturated rings. The minimum absolute atomic E-state index is 0. The second kappa shape index (κ2) is 6.99. The van der Waals surface area contributed by atoms with Gasteiger partial charge in [0, 0.05) is 25.2 Å². The number of benzene rings is 1. The van der Waals surface area contributed by atoms with Crippen LogP contribution in [0.4, 0.5) is 0 Å². The zero-order chi connectivity index (χ0) is 14.0. The van der Waals surface area contributed by atoms with Gasteiger partial charge in [-0.05, 0) is 51.3 Å². The molecular weight excluding hydrogens is 284 g/mol. The van der Waals surface area contributed by atoms with Crippen LogP contribution in [-0.4, -0.2) is 37.2 Å². The Hall–Kier alpha value is -0.770. The highest BCUT2D eigenvalue weighted by molar-refractivity contribution is 5.85. The molecule has 118 valence electrons. The molecule has 3 nitrogen and oxygen atoms in total. The van der Waals surface area contributed by atoms with Gasteiger partial charge in [0.1, 0.15) is 5.75 Å². The van der Waals surface area contributed by atoms with Gasteiger partial charge in [0.05, 0.1) is 6.10 Å². The lowest BCUT2D eigenvalue weighted by molar-refractivity contribution is 0.229. The minimum atomic E-state index is 0. The van der Waals surface area contributed by atoms with Gasteiger partial charge < -0.3 is 10.1 Å². The lowest BCUT2D eigenvalue weighted by atomic mass is 9.86. The van der Waals surface area contributed by atoms with Gasteiger partial charge in [-0.15, -0.1) is 12.4 Å². The van der Waals surface area contributed by atoms with Crippen molar-refractivity contribution in [1.82, 2.24) is 10.2 Å². The fourth-order valence-electron chi connectivity index (χ4n) is 3.55. The van der Waals surface area contributed by atoms with Crippen LogP contribution in [-0.2, 0) is 6.54 Å². The van der Waals surface area contributed by atoms with Gasteiger partial charge >= 0.3 is 0 Å². The summed E-state index contributed by atoms with van der Waals surface area (Å²) in [6.07, 6.45) is 2.92. The highest BCUT2D eigenvalue weighted by Gasteiger charge is 2.40. The van der Waals surface area contributed by atoms with Crippen LogP contribution in [0.5, 0.6) is 5.75 Å². The number of halogens is 1. The van der Waals surface area contributed by atoms with E-state index in [0.717, 1.165) is 12.3 Å². The van der Waals surface area contributed by atoms with Crippen molar-refractivity contribution in [2.75, 3.05) is 26.2 Å². The van der Waals surface area contributed by atoms with Crippen molar-refractivity contribution in [3.05, 3.63) is 29.8 Å². The molecule has 1 atom stereocenters. The number of hydrogen-bond acceptors (Lipinski definition) is 3. The van der Waals surface area contributed by atoms with Crippen molar-refractivity contribution < 1.29 is 4.74 Å². The number of rotatable bonds is 4. The molecule has 2 aliphatic heterocycles. The van der Waals surface area contributed by atoms with E-state index in [2.05, 4.69) is 48.3 Å². The molecule has 21 heavy (non-hydrogen) atoms. The van der Waals surface area contributed by atoms with E-state index in [9.17, 15) is 0 Å². The van der Waals surface area contributed by atoms with Crippen LogP contribution in [0.3, 0.4) is 0 Å². The minimum Gasteiger partial charge on any atom is -0.491 e. The molecule has 2 saturated heterocycles. The van der Waals surface area contributed by atoms with Crippen molar-refractivity contribution in [3.8, 4) is 5.75 Å². The SMILES string of the molecule is CC(C)Oc1ccccc1CN1CCC2(CCNC2)C1.Cl. The summed E-state index contributed by atoms with van der Waals surface area (Å²) >= 11 is 0. The van der Waals surface area contributed by atoms with E-state index in [1.54, 1.807) is 0 Å². The van der Waals surface area contributed by atoms with Crippen molar-refractivity contribution >= 4 is 12.4 Å². The number of hydrogen-bond donors (Lipinski definition) is 1. The summed E-state index contributed by atoms with van der Waals surface area (Å²) in [5.41, 5.74) is 1.87. The molecule has 0 aromatic heterocycles. The van der Waals surface area contributed by atoms with Gasteiger partial charge in [0.2, 0.25) is 0 Å². The molecule has 0 radical (unpaired) electrons. The lowest BCUT2D eigenvalue weighted by Crippen LogP contribution is -2.29. The van der Waals surface area contributed by atoms with E-state index in [1.807, 2.05) is 0 Å². The van der Waals surface area contributed by atoms with Gasteiger partial charge in [-0.3, -0.25) is 4.90 Å². The Morgan fingerprint density at radius 3 is 2.81 bits per heavy atom. The number of nitrogens with zero attached hydrogens (tertiary/aromatic N) is 1. The smallest absolute Gasteiger partial charge is 0.124 e. The molecule has 1 aromatic carbocycles. The molecule has 2 aliphatic rings. The van der Waals surface area contributed by atoms with Gasteiger partial charge in [0.15, 0.2) is 0 Å². The topological polar surface area (TPSA) is 24.5 Å². The van der Waals surface area contributed by atoms with E-state index in [4.69, 9.17) is 4.74 Å². The summed E-state index contributed by atoms with van der Waals surface area (Å²) in [5, 5.41) is 3.53. The standard InChI is InChI=1S/C17H26N2O.ClH/c1-14(2)20-16-6-4-3-5-15(16)11-19-10-8-17(13-19)7-9-18-12-17;/h3-6,14,18H,7-13H2,1-2H3;1H. The van der Waals surface area contributed by atoms with Crippen molar-refractivity contribution in [2.24, 2.45) is 5.41 Å². The van der Waals surface area contributed by atoms with E-state index < -0.39 is 0 Å². The third kappa shape index (κ3) is 3.91. The van der Waals surface area contributed by atoms with Crippen LogP contribution in [0.25, 0.3) is 0 Å². The largest absolute Gasteiger partial charge is 0.491 e. The number of likely N-dealkylation sites (tertiary alicyclic amines) is 1. The number of para-hydroxylation sites is 1. The van der Waals surface area contributed by atoms with E-state index in [0.29, 0.717) is 5.41 Å². The maximum atomic E-state index is 5.93. The number of ether oxygens (including phenoxy) is 1. The molecular formula is C17H27ClN2O. The predicted molar refractivity (Wildman–Crippen MR) is 89.3 cm³/mol. The fraction of sp³-hybridized carbons (Fsp3) is 0.647. The van der Waals surface area contributed by atoms with Crippen LogP contribution in [0.1, 0.15) is 32.3 Å². The summed E-state index contributed by atoms with van der Waals surface area (Å²) in [5.74, 6) is 1.05. The van der Waals surface area contributed by atoms with Gasteiger partial charge in [0.25, 0.3) is 0 Å². The zero-order valence-corrected chi connectivity index (χ0v) is 13.9. The lowest BCUT2D eigenvalue weighted by Gasteiger charge is -2.23. The summed E-state index contributed by atoms with van der Waals surface area (Å²) in [4.78, 5) is 2.59. The molecule has 1 spiro atoms. The Bertz CT molecular complexity index is 458. The Kier molecular flexibility index (Phi) is 5.53. The molecule has 3 rings (SSSR count). The van der Waals surface area contributed by atoms with Crippen LogP contribution in [0.15, 0.2) is 24.3 Å². The molecule has 1 N–H and O–H groups in total. The Balaban J connectivity index is 0.00000161. The summed E-state index contributed by atoms with van der Waals surface area (Å²) in [6, 6.07) is 8.48. The van der Waals surface area contributed by atoms with Gasteiger partial charge in [-0.2, -0.15) is 0 Å². The third-order valence-corrected chi connectivity index (χ3v) is 4.58. The third-order valence-electron chi connectivity index (χ3n) is 4.58. The average Bonchev–Trinajstić information content (AvgIpc) is 3.02. The van der Waals surface area contributed by atoms with Gasteiger partial charge in [-0.25, -0.2) is 0 Å². The van der Waals surface area contributed by atoms with E-state index >= 15 is 0 Å². The van der Waals surface area contributed by atoms with Gasteiger partial charge in [-0.1, -0.05) is 18.2 Å². The second-order valence-electron chi connectivity index (χ2n) is 6.66. The average molecular weight is 311 g/mol. The maximum Gasteiger partial charge on any atom is 0.124 e. The summed E-state index contributed by atoms with van der Waals surface area (Å²) in [6.45, 7) is 10.0. The van der Waals surface area contributed by atoms with Crippen molar-refractivity contribution in [1.29, 1.82) is 0 Å². The highest BCUT2D eigenvalue weighted by atomic mass is 35.5. The Morgan fingerprint density at radius 2 is 2.10 bits per heavy atom. The van der Waals surface area contributed by atoms with Crippen LogP contribution in [0.2, 0.25) is 0 Å². The predicted octanol–water partition coefficient (Wildman–Crippen LogP) is 3.08. The maximum absolute atomic E-state index is 5.93. The molecule has 0 bridgehead atoms. The molecule has 0 saturated carbocycles. The molecule has 0 aliphatic carbocycles. The van der Waals surface area contributed by atoms with Crippen molar-refractivity contribution in [3.63, 3.8) is 0 Å². The Morgan fingerprint density at radius 1 is 1.29 bits per heavy atom. The zero-order valence-electron chi connectivity index (χ0n) is 13.1. The van der Waals surface area contributed by atoms with Crippen molar-refractivity contribution in [2.45, 2.75) is 39.3 Å². The molecule has 4 heteroatoms. The van der Waals surface area contributed by atoms with E-state index in [1.165, 1.54) is 44.6 Å². The summed E-state index contributed by atoms with van der Waals surface area (Å²) < 4.78 is 5.93. The van der Waals surface area contributed by atoms with Crippen LogP contribution < -0.4 is 10.1 Å². The monoisotopic (exact) mass is 310 g/mol. The first-order valence-electron chi connectivity index (χ1n) is 7.85. The fourth-order valence-corrected chi connectivity index (χ4v) is 3.55. The quantitative estimate of drug-likeness (QED) is 0.925. The second-order valence-corrected chi connectivity index (χ2v) is 6.66. The Labute approximate surface area is 134 Å². The highest BCUT2D eigenvalue weighted by Crippen LogP contribution is 2.37. The number of nitrogens with one attached hydrogen (secondary N) is 1. The van der Waals surface area contributed by atoms with E-state index in [-0.39, 0.29) is 18.5 Å². The normalized spacial score (nSPS) is 25.5. The molecule has 0 amide bonds. The molecule has 1 unspecified atom stereocenters. The summed E-state index contributed by atoms with van der Waals surface area (Å²) in [7, 11) is 0. The first kappa shape index (κ1) is 16.6. The molecule has 2 heterocycles.